The van der Waals surface area contributed by atoms with Crippen molar-refractivity contribution >= 4 is 17.5 Å². The van der Waals surface area contributed by atoms with Crippen molar-refractivity contribution in [1.29, 1.82) is 0 Å². The van der Waals surface area contributed by atoms with E-state index in [1.807, 2.05) is 18.2 Å². The van der Waals surface area contributed by atoms with Crippen molar-refractivity contribution in [2.24, 2.45) is 11.8 Å². The summed E-state index contributed by atoms with van der Waals surface area (Å²) >= 11 is 0. The van der Waals surface area contributed by atoms with Gasteiger partial charge in [-0.25, -0.2) is 4.90 Å². The van der Waals surface area contributed by atoms with Crippen molar-refractivity contribution in [3.63, 3.8) is 0 Å². The lowest BCUT2D eigenvalue weighted by molar-refractivity contribution is -0.125. The molecule has 0 spiro atoms. The Morgan fingerprint density at radius 2 is 1.45 bits per heavy atom. The molecule has 102 valence electrons. The van der Waals surface area contributed by atoms with E-state index in [1.54, 1.807) is 12.1 Å². The summed E-state index contributed by atoms with van der Waals surface area (Å²) in [5.41, 5.74) is 0.668. The smallest absolute Gasteiger partial charge is 0.240 e. The van der Waals surface area contributed by atoms with Crippen molar-refractivity contribution in [3.8, 4) is 0 Å². The largest absolute Gasteiger partial charge is 0.373 e. The van der Waals surface area contributed by atoms with Crippen LogP contribution in [0.25, 0.3) is 0 Å². The molecule has 1 aromatic rings. The van der Waals surface area contributed by atoms with Crippen LogP contribution in [-0.4, -0.2) is 24.0 Å². The van der Waals surface area contributed by atoms with Gasteiger partial charge in [-0.3, -0.25) is 9.59 Å². The second-order valence-electron chi connectivity index (χ2n) is 5.55. The van der Waals surface area contributed by atoms with Crippen LogP contribution in [0, 0.1) is 11.8 Å². The Kier molecular flexibility index (Phi) is 2.54. The Bertz CT molecular complexity index is 563. The van der Waals surface area contributed by atoms with Gasteiger partial charge in [-0.1, -0.05) is 30.4 Å². The normalized spacial score (nSPS) is 35.3. The minimum Gasteiger partial charge on any atom is -0.373 e. The summed E-state index contributed by atoms with van der Waals surface area (Å²) in [5, 5.41) is 0. The average molecular weight is 269 g/mol. The van der Waals surface area contributed by atoms with Crippen molar-refractivity contribution in [2.75, 3.05) is 4.90 Å². The molecule has 2 fully saturated rings. The van der Waals surface area contributed by atoms with E-state index in [0.29, 0.717) is 5.69 Å². The lowest BCUT2D eigenvalue weighted by atomic mass is 9.85. The van der Waals surface area contributed by atoms with Gasteiger partial charge >= 0.3 is 0 Å². The van der Waals surface area contributed by atoms with Gasteiger partial charge in [-0.15, -0.1) is 0 Å². The molecule has 4 unspecified atom stereocenters. The zero-order valence-corrected chi connectivity index (χ0v) is 10.9. The monoisotopic (exact) mass is 269 g/mol. The zero-order chi connectivity index (χ0) is 13.7. The molecule has 0 radical (unpaired) electrons. The Hall–Kier alpha value is -1.94. The standard InChI is InChI=1S/C16H15NO3/c18-15-13-11-8-4-5-9-12(20-11)14(13)16(19)17(15)10-6-2-1-3-7-10/h1-7,11-14H,8-9H2. The third kappa shape index (κ3) is 1.51. The van der Waals surface area contributed by atoms with E-state index in [-0.39, 0.29) is 35.9 Å². The molecule has 2 saturated heterocycles. The maximum atomic E-state index is 12.7. The molecule has 2 amide bonds. The quantitative estimate of drug-likeness (QED) is 0.578. The van der Waals surface area contributed by atoms with E-state index in [4.69, 9.17) is 4.74 Å². The van der Waals surface area contributed by atoms with Crippen molar-refractivity contribution in [2.45, 2.75) is 25.0 Å². The molecule has 0 saturated carbocycles. The number of benzene rings is 1. The van der Waals surface area contributed by atoms with Gasteiger partial charge in [0.05, 0.1) is 29.7 Å². The molecule has 1 aromatic carbocycles. The van der Waals surface area contributed by atoms with Crippen LogP contribution >= 0.6 is 0 Å². The van der Waals surface area contributed by atoms with Crippen LogP contribution in [0.5, 0.6) is 0 Å². The molecule has 20 heavy (non-hydrogen) atoms. The summed E-state index contributed by atoms with van der Waals surface area (Å²) in [6, 6.07) is 9.17. The highest BCUT2D eigenvalue weighted by Gasteiger charge is 2.59. The first-order valence-electron chi connectivity index (χ1n) is 7.00. The lowest BCUT2D eigenvalue weighted by Crippen LogP contribution is -2.35. The van der Waals surface area contributed by atoms with Gasteiger partial charge in [0.15, 0.2) is 0 Å². The first-order chi connectivity index (χ1) is 9.77. The molecule has 0 aliphatic carbocycles. The number of anilines is 1. The highest BCUT2D eigenvalue weighted by atomic mass is 16.5. The van der Waals surface area contributed by atoms with Crippen LogP contribution in [0.4, 0.5) is 5.69 Å². The number of hydrogen-bond acceptors (Lipinski definition) is 3. The fraction of sp³-hybridized carbons (Fsp3) is 0.375. The van der Waals surface area contributed by atoms with Crippen molar-refractivity contribution in [1.82, 2.24) is 0 Å². The third-order valence-electron chi connectivity index (χ3n) is 4.47. The van der Waals surface area contributed by atoms with Crippen LogP contribution in [0.3, 0.4) is 0 Å². The van der Waals surface area contributed by atoms with Gasteiger partial charge in [0.25, 0.3) is 0 Å². The number of fused-ring (bicyclic) bond motifs is 5. The summed E-state index contributed by atoms with van der Waals surface area (Å²) in [7, 11) is 0. The predicted octanol–water partition coefficient (Wildman–Crippen LogP) is 1.91. The fourth-order valence-electron chi connectivity index (χ4n) is 3.58. The van der Waals surface area contributed by atoms with Crippen molar-refractivity contribution < 1.29 is 14.3 Å². The topological polar surface area (TPSA) is 46.6 Å². The van der Waals surface area contributed by atoms with Gasteiger partial charge in [0.2, 0.25) is 11.8 Å². The molecular weight excluding hydrogens is 254 g/mol. The van der Waals surface area contributed by atoms with Crippen LogP contribution in [0.1, 0.15) is 12.8 Å². The molecule has 2 bridgehead atoms. The van der Waals surface area contributed by atoms with E-state index in [1.165, 1.54) is 4.90 Å². The molecular formula is C16H15NO3. The molecule has 4 atom stereocenters. The van der Waals surface area contributed by atoms with Crippen molar-refractivity contribution in [3.05, 3.63) is 42.5 Å². The highest BCUT2D eigenvalue weighted by Crippen LogP contribution is 2.45. The maximum absolute atomic E-state index is 12.7. The van der Waals surface area contributed by atoms with Gasteiger partial charge < -0.3 is 4.74 Å². The Morgan fingerprint density at radius 1 is 0.900 bits per heavy atom. The third-order valence-corrected chi connectivity index (χ3v) is 4.47. The summed E-state index contributed by atoms with van der Waals surface area (Å²) in [4.78, 5) is 26.7. The molecule has 4 heteroatoms. The lowest BCUT2D eigenvalue weighted by Gasteiger charge is -2.19. The van der Waals surface area contributed by atoms with Crippen LogP contribution in [-0.2, 0) is 14.3 Å². The van der Waals surface area contributed by atoms with Gasteiger partial charge in [0.1, 0.15) is 0 Å². The first kappa shape index (κ1) is 11.9. The van der Waals surface area contributed by atoms with Crippen LogP contribution in [0.15, 0.2) is 42.5 Å². The minimum atomic E-state index is -0.308. The number of carbonyl (C=O) groups is 2. The molecule has 3 aliphatic heterocycles. The molecule has 3 heterocycles. The van der Waals surface area contributed by atoms with E-state index in [9.17, 15) is 9.59 Å². The van der Waals surface area contributed by atoms with E-state index >= 15 is 0 Å². The Morgan fingerprint density at radius 3 is 2.00 bits per heavy atom. The van der Waals surface area contributed by atoms with E-state index < -0.39 is 0 Å². The molecule has 0 aromatic heterocycles. The van der Waals surface area contributed by atoms with Gasteiger partial charge in [0, 0.05) is 0 Å². The average Bonchev–Trinajstić information content (AvgIpc) is 2.80. The number of para-hydroxylation sites is 1. The second kappa shape index (κ2) is 4.28. The molecule has 4 nitrogen and oxygen atoms in total. The Balaban J connectivity index is 1.74. The Labute approximate surface area is 117 Å². The molecule has 3 aliphatic rings. The van der Waals surface area contributed by atoms with E-state index in [2.05, 4.69) is 12.2 Å². The maximum Gasteiger partial charge on any atom is 0.240 e. The number of nitrogens with zero attached hydrogens (tertiary/aromatic N) is 1. The number of ether oxygens (including phenoxy) is 1. The predicted molar refractivity (Wildman–Crippen MR) is 73.0 cm³/mol. The number of rotatable bonds is 1. The van der Waals surface area contributed by atoms with Gasteiger partial charge in [-0.05, 0) is 25.0 Å². The van der Waals surface area contributed by atoms with Gasteiger partial charge in [-0.2, -0.15) is 0 Å². The van der Waals surface area contributed by atoms with Crippen LogP contribution in [0.2, 0.25) is 0 Å². The summed E-state index contributed by atoms with van der Waals surface area (Å²) in [6.45, 7) is 0. The number of amides is 2. The number of imide groups is 1. The first-order valence-corrected chi connectivity index (χ1v) is 7.00. The van der Waals surface area contributed by atoms with E-state index in [0.717, 1.165) is 12.8 Å². The summed E-state index contributed by atoms with van der Waals surface area (Å²) < 4.78 is 5.88. The zero-order valence-electron chi connectivity index (χ0n) is 10.9. The number of carbonyl (C=O) groups excluding carboxylic acids is 2. The highest BCUT2D eigenvalue weighted by molar-refractivity contribution is 6.22. The van der Waals surface area contributed by atoms with Crippen LogP contribution < -0.4 is 4.90 Å². The number of hydrogen-bond donors (Lipinski definition) is 0. The molecule has 0 N–H and O–H groups in total. The summed E-state index contributed by atoms with van der Waals surface area (Å²) in [5.74, 6) is -0.821. The fourth-order valence-corrected chi connectivity index (χ4v) is 3.58. The minimum absolute atomic E-state index is 0.103. The summed E-state index contributed by atoms with van der Waals surface area (Å²) in [6.07, 6.45) is 5.27. The molecule has 4 rings (SSSR count). The second-order valence-corrected chi connectivity index (χ2v) is 5.55. The SMILES string of the molecule is O=C1C2C3CC=CCC(O3)C2C(=O)N1c1ccccc1.